The zero-order valence-corrected chi connectivity index (χ0v) is 43.4. The van der Waals surface area contributed by atoms with E-state index in [1.165, 1.54) is 96.3 Å². The van der Waals surface area contributed by atoms with Crippen molar-refractivity contribution in [3.8, 4) is 0 Å². The molecule has 6 heteroatoms. The summed E-state index contributed by atoms with van der Waals surface area (Å²) in [6.45, 7) is 6.40. The van der Waals surface area contributed by atoms with Crippen molar-refractivity contribution in [3.05, 3.63) is 109 Å². The van der Waals surface area contributed by atoms with E-state index in [0.29, 0.717) is 25.7 Å². The Morgan fingerprint density at radius 2 is 0.597 bits per heavy atom. The van der Waals surface area contributed by atoms with E-state index in [-0.39, 0.29) is 37.5 Å². The number of carbonyl (C=O) groups excluding carboxylic acids is 3. The minimum absolute atomic E-state index is 0.117. The third kappa shape index (κ3) is 52.9. The normalized spacial score (nSPS) is 12.9. The fraction of sp³-hybridized carbons (Fsp3) is 0.656. The van der Waals surface area contributed by atoms with Gasteiger partial charge in [-0.15, -0.1) is 0 Å². The van der Waals surface area contributed by atoms with Gasteiger partial charge in [-0.25, -0.2) is 0 Å². The molecule has 0 aromatic rings. The molecule has 0 aliphatic carbocycles. The second-order valence-corrected chi connectivity index (χ2v) is 17.7. The van der Waals surface area contributed by atoms with Gasteiger partial charge in [-0.1, -0.05) is 207 Å². The van der Waals surface area contributed by atoms with Crippen LogP contribution >= 0.6 is 0 Å². The molecule has 0 saturated heterocycles. The summed E-state index contributed by atoms with van der Waals surface area (Å²) >= 11 is 0. The van der Waals surface area contributed by atoms with Gasteiger partial charge in [0.05, 0.1) is 0 Å². The molecule has 67 heavy (non-hydrogen) atoms. The van der Waals surface area contributed by atoms with Crippen LogP contribution in [-0.4, -0.2) is 37.2 Å². The van der Waals surface area contributed by atoms with E-state index in [4.69, 9.17) is 14.2 Å². The summed E-state index contributed by atoms with van der Waals surface area (Å²) in [5.74, 6) is -1.02. The molecule has 0 spiro atoms. The molecule has 0 unspecified atom stereocenters. The molecule has 380 valence electrons. The third-order valence-corrected chi connectivity index (χ3v) is 11.2. The highest BCUT2D eigenvalue weighted by molar-refractivity contribution is 5.71. The monoisotopic (exact) mass is 929 g/mol. The SMILES string of the molecule is CC/C=C\C/C=C\C/C=C\C/C=C\CCCCC(=O)OC[C@H](COC(=O)CCCCCCCCC/C=C\C/C=C\CCCCC)OC(=O)CCC/C=C\C/C=C\C/C=C\CCCCCCCC. The molecule has 0 amide bonds. The molecule has 0 aliphatic rings. The maximum atomic E-state index is 12.8. The average molecular weight is 929 g/mol. The van der Waals surface area contributed by atoms with E-state index in [2.05, 4.69) is 130 Å². The lowest BCUT2D eigenvalue weighted by Gasteiger charge is -2.18. The van der Waals surface area contributed by atoms with Crippen molar-refractivity contribution in [3.63, 3.8) is 0 Å². The number of carbonyl (C=O) groups is 3. The molecule has 0 aromatic heterocycles. The van der Waals surface area contributed by atoms with Crippen LogP contribution in [-0.2, 0) is 28.6 Å². The van der Waals surface area contributed by atoms with Crippen LogP contribution < -0.4 is 0 Å². The Balaban J connectivity index is 4.55. The summed E-state index contributed by atoms with van der Waals surface area (Å²) in [4.78, 5) is 38.1. The Kier molecular flexibility index (Phi) is 51.5. The van der Waals surface area contributed by atoms with Crippen LogP contribution in [0.4, 0.5) is 0 Å². The molecular formula is C61H100O6. The molecule has 0 bridgehead atoms. The van der Waals surface area contributed by atoms with Crippen LogP contribution in [0.15, 0.2) is 109 Å². The van der Waals surface area contributed by atoms with Gasteiger partial charge in [0.1, 0.15) is 13.2 Å². The van der Waals surface area contributed by atoms with Crippen LogP contribution in [0, 0.1) is 0 Å². The number of esters is 3. The molecule has 0 radical (unpaired) electrons. The Morgan fingerprint density at radius 1 is 0.313 bits per heavy atom. The van der Waals surface area contributed by atoms with Gasteiger partial charge in [0.15, 0.2) is 6.10 Å². The Bertz CT molecular complexity index is 1390. The largest absolute Gasteiger partial charge is 0.462 e. The van der Waals surface area contributed by atoms with Gasteiger partial charge >= 0.3 is 17.9 Å². The van der Waals surface area contributed by atoms with Gasteiger partial charge < -0.3 is 14.2 Å². The number of rotatable bonds is 48. The van der Waals surface area contributed by atoms with E-state index in [1.54, 1.807) is 0 Å². The van der Waals surface area contributed by atoms with Crippen molar-refractivity contribution in [1.82, 2.24) is 0 Å². The van der Waals surface area contributed by atoms with Gasteiger partial charge in [0.25, 0.3) is 0 Å². The van der Waals surface area contributed by atoms with Crippen molar-refractivity contribution < 1.29 is 28.6 Å². The van der Waals surface area contributed by atoms with E-state index >= 15 is 0 Å². The number of allylic oxidation sites excluding steroid dienone is 18. The predicted molar refractivity (Wildman–Crippen MR) is 288 cm³/mol. The predicted octanol–water partition coefficient (Wildman–Crippen LogP) is 18.3. The molecular weight excluding hydrogens is 829 g/mol. The van der Waals surface area contributed by atoms with E-state index in [0.717, 1.165) is 89.9 Å². The van der Waals surface area contributed by atoms with Crippen molar-refractivity contribution >= 4 is 17.9 Å². The minimum atomic E-state index is -0.827. The topological polar surface area (TPSA) is 78.9 Å². The summed E-state index contributed by atoms with van der Waals surface area (Å²) in [6.07, 6.45) is 73.7. The van der Waals surface area contributed by atoms with Gasteiger partial charge in [-0.3, -0.25) is 14.4 Å². The van der Waals surface area contributed by atoms with Crippen molar-refractivity contribution in [2.24, 2.45) is 0 Å². The standard InChI is InChI=1S/C61H100O6/c1-4-7-10-13-16-19-22-25-28-30-33-36-39-42-45-48-51-54-60(63)66-57-58(56-65-59(62)53-50-47-44-41-38-35-32-27-24-21-18-15-12-9-6-3)67-61(64)55-52-49-46-43-40-37-34-31-29-26-23-20-17-14-11-8-5-2/h9,12,16,18-19,21,25-29,32,34,37-38,41,43,46,58H,4-8,10-11,13-15,17,20,22-24,30-31,33,35-36,39-40,42,44-45,47-57H2,1-3H3/b12-9-,19-16-,21-18-,28-25-,29-26-,32-27-,37-34-,41-38-,46-43-/t58-/m1/s1. The smallest absolute Gasteiger partial charge is 0.306 e. The lowest BCUT2D eigenvalue weighted by Crippen LogP contribution is -2.30. The highest BCUT2D eigenvalue weighted by atomic mass is 16.6. The Morgan fingerprint density at radius 3 is 1.01 bits per heavy atom. The summed E-state index contributed by atoms with van der Waals surface area (Å²) < 4.78 is 16.7. The Labute approximate surface area is 412 Å². The van der Waals surface area contributed by atoms with E-state index in [9.17, 15) is 14.4 Å². The molecule has 0 rings (SSSR count). The van der Waals surface area contributed by atoms with E-state index in [1.807, 2.05) is 0 Å². The second-order valence-electron chi connectivity index (χ2n) is 17.7. The second kappa shape index (κ2) is 54.7. The van der Waals surface area contributed by atoms with Crippen LogP contribution in [0.5, 0.6) is 0 Å². The molecule has 0 N–H and O–H groups in total. The third-order valence-electron chi connectivity index (χ3n) is 11.2. The molecule has 0 saturated carbocycles. The first-order chi connectivity index (χ1) is 33.0. The first-order valence-electron chi connectivity index (χ1n) is 27.4. The van der Waals surface area contributed by atoms with Gasteiger partial charge in [0, 0.05) is 19.3 Å². The summed E-state index contributed by atoms with van der Waals surface area (Å²) in [5, 5.41) is 0. The quantitative estimate of drug-likeness (QED) is 0.0262. The highest BCUT2D eigenvalue weighted by Crippen LogP contribution is 2.13. The number of hydrogen-bond acceptors (Lipinski definition) is 6. The number of unbranched alkanes of at least 4 members (excludes halogenated alkanes) is 19. The van der Waals surface area contributed by atoms with Gasteiger partial charge in [-0.2, -0.15) is 0 Å². The zero-order chi connectivity index (χ0) is 48.6. The van der Waals surface area contributed by atoms with Crippen molar-refractivity contribution in [2.45, 2.75) is 245 Å². The molecule has 6 nitrogen and oxygen atoms in total. The first-order valence-corrected chi connectivity index (χ1v) is 27.4. The minimum Gasteiger partial charge on any atom is -0.462 e. The van der Waals surface area contributed by atoms with Gasteiger partial charge in [0.2, 0.25) is 0 Å². The lowest BCUT2D eigenvalue weighted by atomic mass is 10.1. The number of ether oxygens (including phenoxy) is 3. The maximum absolute atomic E-state index is 12.8. The van der Waals surface area contributed by atoms with Crippen LogP contribution in [0.3, 0.4) is 0 Å². The van der Waals surface area contributed by atoms with Gasteiger partial charge in [-0.05, 0) is 122 Å². The molecule has 0 aliphatic heterocycles. The zero-order valence-electron chi connectivity index (χ0n) is 43.4. The summed E-state index contributed by atoms with van der Waals surface area (Å²) in [6, 6.07) is 0. The fourth-order valence-corrected chi connectivity index (χ4v) is 7.13. The van der Waals surface area contributed by atoms with Crippen molar-refractivity contribution in [1.29, 1.82) is 0 Å². The molecule has 1 atom stereocenters. The lowest BCUT2D eigenvalue weighted by molar-refractivity contribution is -0.167. The average Bonchev–Trinajstić information content (AvgIpc) is 3.33. The molecule has 0 heterocycles. The van der Waals surface area contributed by atoms with Crippen molar-refractivity contribution in [2.75, 3.05) is 13.2 Å². The Hall–Kier alpha value is -3.93. The fourth-order valence-electron chi connectivity index (χ4n) is 7.13. The van der Waals surface area contributed by atoms with E-state index < -0.39 is 6.10 Å². The summed E-state index contributed by atoms with van der Waals surface area (Å²) in [5.41, 5.74) is 0. The van der Waals surface area contributed by atoms with Crippen LogP contribution in [0.25, 0.3) is 0 Å². The summed E-state index contributed by atoms with van der Waals surface area (Å²) in [7, 11) is 0. The molecule has 0 aromatic carbocycles. The maximum Gasteiger partial charge on any atom is 0.306 e. The van der Waals surface area contributed by atoms with Crippen LogP contribution in [0.2, 0.25) is 0 Å². The highest BCUT2D eigenvalue weighted by Gasteiger charge is 2.19. The number of hydrogen-bond donors (Lipinski definition) is 0. The molecule has 0 fully saturated rings. The first kappa shape index (κ1) is 63.1. The van der Waals surface area contributed by atoms with Crippen LogP contribution in [0.1, 0.15) is 239 Å².